The first-order valence-corrected chi connectivity index (χ1v) is 2.62. The first-order valence-electron chi connectivity index (χ1n) is 2.62. The van der Waals surface area contributed by atoms with Crippen molar-refractivity contribution < 1.29 is 20.1 Å². The van der Waals surface area contributed by atoms with Crippen LogP contribution < -0.4 is 11.1 Å². The number of rotatable bonds is 3. The topological polar surface area (TPSA) is 116 Å². The van der Waals surface area contributed by atoms with Gasteiger partial charge in [0.1, 0.15) is 6.23 Å². The summed E-state index contributed by atoms with van der Waals surface area (Å²) in [5.41, 5.74) is 4.60. The van der Waals surface area contributed by atoms with Gasteiger partial charge in [0.25, 0.3) is 0 Å². The van der Waals surface area contributed by atoms with Gasteiger partial charge in [0.15, 0.2) is 6.29 Å². The van der Waals surface area contributed by atoms with Gasteiger partial charge in [-0.15, -0.1) is 0 Å². The molecule has 60 valence electrons. The van der Waals surface area contributed by atoms with Crippen molar-refractivity contribution in [1.82, 2.24) is 5.32 Å². The summed E-state index contributed by atoms with van der Waals surface area (Å²) in [6.45, 7) is 0. The smallest absolute Gasteiger partial charge is 0.314 e. The zero-order valence-electron chi connectivity index (χ0n) is 5.19. The average molecular weight is 150 g/mol. The lowest BCUT2D eigenvalue weighted by Gasteiger charge is -2.10. The van der Waals surface area contributed by atoms with E-state index >= 15 is 0 Å². The van der Waals surface area contributed by atoms with E-state index in [1.807, 2.05) is 5.32 Å². The fourth-order valence-electron chi connectivity index (χ4n) is 0.423. The largest absolute Gasteiger partial charge is 0.373 e. The third-order valence-electron chi connectivity index (χ3n) is 0.743. The maximum atomic E-state index is 9.98. The van der Waals surface area contributed by atoms with E-state index in [2.05, 4.69) is 5.73 Å². The molecule has 0 heterocycles. The Morgan fingerprint density at radius 1 is 1.50 bits per heavy atom. The van der Waals surface area contributed by atoms with Crippen molar-refractivity contribution in [3.63, 3.8) is 0 Å². The second-order valence-electron chi connectivity index (χ2n) is 1.74. The summed E-state index contributed by atoms with van der Waals surface area (Å²) in [6.07, 6.45) is -3.32. The number of aliphatic hydroxyl groups is 3. The Kier molecular flexibility index (Phi) is 3.70. The standard InChI is InChI=1S/C4H10N2O4/c5-4(10)6-2(7)1-3(8)9/h2-3,7-9H,1H2,(H3,5,6,10). The monoisotopic (exact) mass is 150 g/mol. The van der Waals surface area contributed by atoms with Gasteiger partial charge in [-0.2, -0.15) is 0 Å². The second-order valence-corrected chi connectivity index (χ2v) is 1.74. The van der Waals surface area contributed by atoms with Crippen LogP contribution in [0.5, 0.6) is 0 Å². The van der Waals surface area contributed by atoms with Crippen molar-refractivity contribution in [3.8, 4) is 0 Å². The average Bonchev–Trinajstić information content (AvgIpc) is 1.58. The molecule has 2 amide bonds. The van der Waals surface area contributed by atoms with Crippen molar-refractivity contribution in [2.45, 2.75) is 18.9 Å². The summed E-state index contributed by atoms with van der Waals surface area (Å²) in [7, 11) is 0. The number of primary amides is 1. The number of carbonyl (C=O) groups is 1. The maximum Gasteiger partial charge on any atom is 0.314 e. The normalized spacial score (nSPS) is 13.2. The van der Waals surface area contributed by atoms with Gasteiger partial charge in [-0.05, 0) is 0 Å². The lowest BCUT2D eigenvalue weighted by atomic mass is 10.4. The highest BCUT2D eigenvalue weighted by atomic mass is 16.5. The van der Waals surface area contributed by atoms with Gasteiger partial charge in [0, 0.05) is 6.42 Å². The fourth-order valence-corrected chi connectivity index (χ4v) is 0.423. The molecule has 0 aromatic rings. The first-order chi connectivity index (χ1) is 4.52. The molecule has 0 spiro atoms. The molecule has 0 aromatic carbocycles. The van der Waals surface area contributed by atoms with Gasteiger partial charge in [0.2, 0.25) is 0 Å². The molecule has 1 unspecified atom stereocenters. The summed E-state index contributed by atoms with van der Waals surface area (Å²) in [4.78, 5) is 9.98. The number of hydrogen-bond donors (Lipinski definition) is 5. The van der Waals surface area contributed by atoms with Gasteiger partial charge in [0.05, 0.1) is 0 Å². The zero-order valence-corrected chi connectivity index (χ0v) is 5.19. The Hall–Kier alpha value is -0.850. The van der Waals surface area contributed by atoms with Crippen LogP contribution in [0.3, 0.4) is 0 Å². The number of hydrogen-bond acceptors (Lipinski definition) is 4. The quantitative estimate of drug-likeness (QED) is 0.290. The lowest BCUT2D eigenvalue weighted by molar-refractivity contribution is -0.0724. The van der Waals surface area contributed by atoms with E-state index in [0.29, 0.717) is 0 Å². The molecule has 0 saturated carbocycles. The summed E-state index contributed by atoms with van der Waals surface area (Å²) < 4.78 is 0. The van der Waals surface area contributed by atoms with Crippen LogP contribution in [-0.2, 0) is 0 Å². The third kappa shape index (κ3) is 5.29. The van der Waals surface area contributed by atoms with Crippen LogP contribution in [0, 0.1) is 0 Å². The van der Waals surface area contributed by atoms with Gasteiger partial charge < -0.3 is 26.4 Å². The molecular weight excluding hydrogens is 140 g/mol. The number of carbonyl (C=O) groups excluding carboxylic acids is 1. The Bertz CT molecular complexity index is 116. The number of nitrogens with two attached hydrogens (primary N) is 1. The Labute approximate surface area is 57.3 Å². The minimum atomic E-state index is -1.65. The molecule has 0 aliphatic rings. The van der Waals surface area contributed by atoms with Crippen molar-refractivity contribution in [2.24, 2.45) is 5.73 Å². The van der Waals surface area contributed by atoms with Gasteiger partial charge in [-0.25, -0.2) is 4.79 Å². The van der Waals surface area contributed by atoms with Gasteiger partial charge >= 0.3 is 6.03 Å². The van der Waals surface area contributed by atoms with Crippen molar-refractivity contribution >= 4 is 6.03 Å². The summed E-state index contributed by atoms with van der Waals surface area (Å²) >= 11 is 0. The summed E-state index contributed by atoms with van der Waals surface area (Å²) in [6, 6.07) is -0.909. The molecule has 0 aromatic heterocycles. The van der Waals surface area contributed by atoms with Crippen LogP contribution in [0.1, 0.15) is 6.42 Å². The van der Waals surface area contributed by atoms with Crippen molar-refractivity contribution in [3.05, 3.63) is 0 Å². The highest BCUT2D eigenvalue weighted by Crippen LogP contribution is 1.89. The molecule has 6 heteroatoms. The molecule has 0 aliphatic heterocycles. The van der Waals surface area contributed by atoms with E-state index in [1.54, 1.807) is 0 Å². The van der Waals surface area contributed by atoms with Crippen LogP contribution in [0.15, 0.2) is 0 Å². The molecule has 6 nitrogen and oxygen atoms in total. The predicted octanol–water partition coefficient (Wildman–Crippen LogP) is -2.33. The van der Waals surface area contributed by atoms with Crippen LogP contribution in [0.4, 0.5) is 4.79 Å². The zero-order chi connectivity index (χ0) is 8.15. The molecular formula is C4H10N2O4. The van der Waals surface area contributed by atoms with Crippen molar-refractivity contribution in [1.29, 1.82) is 0 Å². The fraction of sp³-hybridized carbons (Fsp3) is 0.750. The third-order valence-corrected chi connectivity index (χ3v) is 0.743. The molecule has 1 atom stereocenters. The highest BCUT2D eigenvalue weighted by Gasteiger charge is 2.09. The lowest BCUT2D eigenvalue weighted by Crippen LogP contribution is -2.40. The van der Waals surface area contributed by atoms with E-state index in [0.717, 1.165) is 0 Å². The highest BCUT2D eigenvalue weighted by molar-refractivity contribution is 5.71. The van der Waals surface area contributed by atoms with E-state index in [4.69, 9.17) is 15.3 Å². The molecule has 10 heavy (non-hydrogen) atoms. The number of amides is 2. The van der Waals surface area contributed by atoms with E-state index < -0.39 is 18.5 Å². The Morgan fingerprint density at radius 3 is 2.30 bits per heavy atom. The summed E-state index contributed by atoms with van der Waals surface area (Å²) in [5, 5.41) is 27.0. The molecule has 0 aliphatic carbocycles. The predicted molar refractivity (Wildman–Crippen MR) is 31.6 cm³/mol. The second kappa shape index (κ2) is 4.04. The van der Waals surface area contributed by atoms with E-state index in [1.165, 1.54) is 0 Å². The molecule has 0 bridgehead atoms. The van der Waals surface area contributed by atoms with Crippen LogP contribution in [0.2, 0.25) is 0 Å². The molecule has 0 radical (unpaired) electrons. The first kappa shape index (κ1) is 9.15. The van der Waals surface area contributed by atoms with Crippen LogP contribution in [-0.4, -0.2) is 33.9 Å². The molecule has 0 fully saturated rings. The van der Waals surface area contributed by atoms with E-state index in [9.17, 15) is 4.79 Å². The maximum absolute atomic E-state index is 9.98. The summed E-state index contributed by atoms with van der Waals surface area (Å²) in [5.74, 6) is 0. The Morgan fingerprint density at radius 2 is 2.00 bits per heavy atom. The van der Waals surface area contributed by atoms with Gasteiger partial charge in [-0.1, -0.05) is 0 Å². The molecule has 0 saturated heterocycles. The number of nitrogens with one attached hydrogen (secondary N) is 1. The minimum Gasteiger partial charge on any atom is -0.373 e. The molecule has 0 rings (SSSR count). The SMILES string of the molecule is NC(=O)NC(O)CC(O)O. The van der Waals surface area contributed by atoms with E-state index in [-0.39, 0.29) is 6.42 Å². The van der Waals surface area contributed by atoms with Crippen LogP contribution >= 0.6 is 0 Å². The number of aliphatic hydroxyl groups excluding tert-OH is 2. The number of urea groups is 1. The van der Waals surface area contributed by atoms with Crippen LogP contribution in [0.25, 0.3) is 0 Å². The van der Waals surface area contributed by atoms with Crippen molar-refractivity contribution in [2.75, 3.05) is 0 Å². The van der Waals surface area contributed by atoms with Gasteiger partial charge in [-0.3, -0.25) is 0 Å². The Balaban J connectivity index is 3.43. The minimum absolute atomic E-state index is 0.358. The molecule has 6 N–H and O–H groups in total.